The van der Waals surface area contributed by atoms with Gasteiger partial charge in [0, 0.05) is 10.6 Å². The number of nitrogens with two attached hydrogens (primary N) is 1. The summed E-state index contributed by atoms with van der Waals surface area (Å²) in [6.45, 7) is 0.953. The number of benzene rings is 2. The molecule has 1 unspecified atom stereocenters. The molecule has 7 heteroatoms. The Morgan fingerprint density at radius 2 is 1.80 bits per heavy atom. The summed E-state index contributed by atoms with van der Waals surface area (Å²) < 4.78 is 5.68. The Kier molecular flexibility index (Phi) is 6.80. The molecule has 132 valence electrons. The topological polar surface area (TPSA) is 85.9 Å². The zero-order valence-corrected chi connectivity index (χ0v) is 14.6. The molecule has 0 aromatic heterocycles. The summed E-state index contributed by atoms with van der Waals surface area (Å²) in [5.74, 6) is 0.262. The second-order valence-corrected chi connectivity index (χ2v) is 6.03. The molecule has 2 aromatic carbocycles. The monoisotopic (exact) mass is 362 g/mol. The van der Waals surface area contributed by atoms with Crippen molar-refractivity contribution in [3.8, 4) is 5.75 Å². The predicted molar refractivity (Wildman–Crippen MR) is 95.6 cm³/mol. The Morgan fingerprint density at radius 1 is 1.16 bits per heavy atom. The van der Waals surface area contributed by atoms with E-state index in [1.54, 1.807) is 24.3 Å². The first-order valence-corrected chi connectivity index (χ1v) is 8.21. The van der Waals surface area contributed by atoms with E-state index in [0.29, 0.717) is 23.9 Å². The molecule has 0 radical (unpaired) electrons. The lowest BCUT2D eigenvalue weighted by Gasteiger charge is -2.24. The van der Waals surface area contributed by atoms with Gasteiger partial charge in [0.05, 0.1) is 7.05 Å². The van der Waals surface area contributed by atoms with Crippen molar-refractivity contribution in [2.45, 2.75) is 6.04 Å². The van der Waals surface area contributed by atoms with Crippen LogP contribution in [0.5, 0.6) is 5.75 Å². The minimum absolute atomic E-state index is 0.403. The van der Waals surface area contributed by atoms with Crippen LogP contribution in [0.4, 0.5) is 4.79 Å². The molecule has 0 fully saturated rings. The standard InChI is InChI=1S/C18H20ClN3O3/c1-22(11-12-25-15-9-7-14(19)8-10-15)16(17(23)21-18(20)24)13-5-3-2-4-6-13/h2-10,16H,11-12H2,1H3,(H3,20,21,23,24)/p+1/t16-/m0/s1. The molecule has 0 aliphatic heterocycles. The highest BCUT2D eigenvalue weighted by molar-refractivity contribution is 6.30. The van der Waals surface area contributed by atoms with Crippen LogP contribution in [0.1, 0.15) is 11.6 Å². The number of rotatable bonds is 7. The van der Waals surface area contributed by atoms with Crippen LogP contribution in [0.15, 0.2) is 54.6 Å². The minimum atomic E-state index is -0.865. The van der Waals surface area contributed by atoms with Crippen LogP contribution in [0.2, 0.25) is 5.02 Å². The Morgan fingerprint density at radius 3 is 2.40 bits per heavy atom. The van der Waals surface area contributed by atoms with E-state index in [4.69, 9.17) is 22.1 Å². The number of quaternary nitrogens is 1. The Labute approximate surface area is 151 Å². The summed E-state index contributed by atoms with van der Waals surface area (Å²) in [4.78, 5) is 24.3. The van der Waals surface area contributed by atoms with Gasteiger partial charge in [-0.2, -0.15) is 0 Å². The summed E-state index contributed by atoms with van der Waals surface area (Å²) in [5.41, 5.74) is 5.88. The molecule has 0 saturated carbocycles. The van der Waals surface area contributed by atoms with Crippen LogP contribution in [0.3, 0.4) is 0 Å². The van der Waals surface area contributed by atoms with Crippen LogP contribution < -0.4 is 20.7 Å². The lowest BCUT2D eigenvalue weighted by atomic mass is 10.0. The second-order valence-electron chi connectivity index (χ2n) is 5.60. The third-order valence-corrected chi connectivity index (χ3v) is 3.97. The highest BCUT2D eigenvalue weighted by Crippen LogP contribution is 2.15. The Hall–Kier alpha value is -2.57. The van der Waals surface area contributed by atoms with Gasteiger partial charge in [0.25, 0.3) is 5.91 Å². The van der Waals surface area contributed by atoms with Gasteiger partial charge in [0.15, 0.2) is 6.04 Å². The highest BCUT2D eigenvalue weighted by atomic mass is 35.5. The van der Waals surface area contributed by atoms with Crippen LogP contribution >= 0.6 is 11.6 Å². The molecule has 25 heavy (non-hydrogen) atoms. The lowest BCUT2D eigenvalue weighted by molar-refractivity contribution is -0.902. The maximum absolute atomic E-state index is 12.4. The van der Waals surface area contributed by atoms with Crippen LogP contribution in [-0.4, -0.2) is 32.1 Å². The molecular weight excluding hydrogens is 342 g/mol. The van der Waals surface area contributed by atoms with E-state index >= 15 is 0 Å². The number of likely N-dealkylation sites (N-methyl/N-ethyl adjacent to an activating group) is 1. The number of primary amides is 1. The maximum Gasteiger partial charge on any atom is 0.319 e. The molecule has 0 saturated heterocycles. The first-order valence-electron chi connectivity index (χ1n) is 7.83. The van der Waals surface area contributed by atoms with Crippen molar-refractivity contribution in [3.63, 3.8) is 0 Å². The van der Waals surface area contributed by atoms with Gasteiger partial charge >= 0.3 is 6.03 Å². The van der Waals surface area contributed by atoms with E-state index < -0.39 is 18.0 Å². The quantitative estimate of drug-likeness (QED) is 0.691. The number of hydrogen-bond acceptors (Lipinski definition) is 3. The predicted octanol–water partition coefficient (Wildman–Crippen LogP) is 1.17. The first kappa shape index (κ1) is 18.8. The smallest absolute Gasteiger partial charge is 0.319 e. The number of amides is 3. The van der Waals surface area contributed by atoms with Crippen molar-refractivity contribution in [2.24, 2.45) is 5.73 Å². The van der Waals surface area contributed by atoms with Crippen molar-refractivity contribution in [1.82, 2.24) is 5.32 Å². The van der Waals surface area contributed by atoms with Gasteiger partial charge in [0.1, 0.15) is 18.9 Å². The summed E-state index contributed by atoms with van der Waals surface area (Å²) in [6, 6.07) is 14.9. The molecule has 0 spiro atoms. The molecule has 2 aromatic rings. The van der Waals surface area contributed by atoms with Gasteiger partial charge in [-0.15, -0.1) is 0 Å². The fourth-order valence-electron chi connectivity index (χ4n) is 2.50. The summed E-state index contributed by atoms with van der Waals surface area (Å²) >= 11 is 5.84. The highest BCUT2D eigenvalue weighted by Gasteiger charge is 2.29. The molecule has 0 bridgehead atoms. The average Bonchev–Trinajstić information content (AvgIpc) is 2.57. The van der Waals surface area contributed by atoms with Crippen molar-refractivity contribution in [2.75, 3.05) is 20.2 Å². The largest absolute Gasteiger partial charge is 0.488 e. The number of ether oxygens (including phenoxy) is 1. The SMILES string of the molecule is C[NH+](CCOc1ccc(Cl)cc1)[C@H](C(=O)NC(N)=O)c1ccccc1. The number of hydrogen-bond donors (Lipinski definition) is 3. The fraction of sp³-hybridized carbons (Fsp3) is 0.222. The molecule has 4 N–H and O–H groups in total. The normalized spacial score (nSPS) is 12.9. The van der Waals surface area contributed by atoms with E-state index in [2.05, 4.69) is 5.32 Å². The van der Waals surface area contributed by atoms with E-state index in [-0.39, 0.29) is 0 Å². The molecule has 0 aliphatic carbocycles. The number of carbonyl (C=O) groups excluding carboxylic acids is 2. The lowest BCUT2D eigenvalue weighted by Crippen LogP contribution is -3.11. The molecular formula is C18H21ClN3O3+. The zero-order valence-electron chi connectivity index (χ0n) is 13.9. The van der Waals surface area contributed by atoms with Crippen molar-refractivity contribution in [3.05, 3.63) is 65.2 Å². The van der Waals surface area contributed by atoms with Crippen molar-refractivity contribution < 1.29 is 19.2 Å². The van der Waals surface area contributed by atoms with Crippen LogP contribution in [0, 0.1) is 0 Å². The average molecular weight is 363 g/mol. The molecule has 0 aliphatic rings. The minimum Gasteiger partial charge on any atom is -0.488 e. The number of imide groups is 1. The third-order valence-electron chi connectivity index (χ3n) is 3.71. The zero-order chi connectivity index (χ0) is 18.2. The number of halogens is 1. The number of urea groups is 1. The van der Waals surface area contributed by atoms with E-state index in [1.807, 2.05) is 37.4 Å². The summed E-state index contributed by atoms with van der Waals surface area (Å²) in [7, 11) is 1.86. The van der Waals surface area contributed by atoms with Crippen LogP contribution in [-0.2, 0) is 4.79 Å². The van der Waals surface area contributed by atoms with Gasteiger partial charge in [-0.1, -0.05) is 41.9 Å². The molecule has 2 atom stereocenters. The van der Waals surface area contributed by atoms with E-state index in [0.717, 1.165) is 10.5 Å². The third kappa shape index (κ3) is 5.77. The van der Waals surface area contributed by atoms with E-state index in [9.17, 15) is 9.59 Å². The molecule has 3 amide bonds. The van der Waals surface area contributed by atoms with Crippen molar-refractivity contribution in [1.29, 1.82) is 0 Å². The fourth-order valence-corrected chi connectivity index (χ4v) is 2.63. The van der Waals surface area contributed by atoms with Gasteiger partial charge < -0.3 is 15.4 Å². The van der Waals surface area contributed by atoms with Gasteiger partial charge in [-0.25, -0.2) is 4.79 Å². The maximum atomic E-state index is 12.4. The Balaban J connectivity index is 2.01. The van der Waals surface area contributed by atoms with E-state index in [1.165, 1.54) is 0 Å². The van der Waals surface area contributed by atoms with Gasteiger partial charge in [-0.05, 0) is 24.3 Å². The van der Waals surface area contributed by atoms with Gasteiger partial charge in [-0.3, -0.25) is 10.1 Å². The molecule has 2 rings (SSSR count). The van der Waals surface area contributed by atoms with Crippen LogP contribution in [0.25, 0.3) is 0 Å². The first-order chi connectivity index (χ1) is 12.0. The second kappa shape index (κ2) is 9.05. The number of nitrogens with one attached hydrogen (secondary N) is 2. The molecule has 6 nitrogen and oxygen atoms in total. The summed E-state index contributed by atoms with van der Waals surface area (Å²) in [5, 5.41) is 2.80. The van der Waals surface area contributed by atoms with Crippen molar-refractivity contribution >= 4 is 23.5 Å². The van der Waals surface area contributed by atoms with Gasteiger partial charge in [0.2, 0.25) is 0 Å². The Bertz CT molecular complexity index is 707. The number of carbonyl (C=O) groups is 2. The molecule has 0 heterocycles. The summed E-state index contributed by atoms with van der Waals surface area (Å²) in [6.07, 6.45) is 0.